The van der Waals surface area contributed by atoms with Gasteiger partial charge in [0.05, 0.1) is 0 Å². The van der Waals surface area contributed by atoms with E-state index in [1.165, 1.54) is 18.7 Å². The Hall–Kier alpha value is -3.84. The highest BCUT2D eigenvalue weighted by atomic mass is 32.2. The minimum absolute atomic E-state index is 0.263. The second kappa shape index (κ2) is 11.3. The summed E-state index contributed by atoms with van der Waals surface area (Å²) in [5.74, 6) is 0.636. The molecule has 3 aromatic carbocycles. The summed E-state index contributed by atoms with van der Waals surface area (Å²) in [6, 6.07) is 29.8. The summed E-state index contributed by atoms with van der Waals surface area (Å²) >= 11 is 1.42. The van der Waals surface area contributed by atoms with Crippen LogP contribution in [0, 0.1) is 0 Å². The van der Waals surface area contributed by atoms with Crippen LogP contribution in [0.2, 0.25) is 0 Å². The van der Waals surface area contributed by atoms with Crippen LogP contribution in [0.15, 0.2) is 101 Å². The average Bonchev–Trinajstić information content (AvgIpc) is 2.84. The lowest BCUT2D eigenvalue weighted by Crippen LogP contribution is -2.31. The van der Waals surface area contributed by atoms with E-state index in [0.29, 0.717) is 29.7 Å². The molecular formula is C27H26N4O2S. The first-order valence-electron chi connectivity index (χ1n) is 11.0. The quantitative estimate of drug-likeness (QED) is 0.259. The van der Waals surface area contributed by atoms with Gasteiger partial charge in [-0.3, -0.25) is 14.6 Å². The summed E-state index contributed by atoms with van der Waals surface area (Å²) in [6.07, 6.45) is 0. The predicted octanol–water partition coefficient (Wildman–Crippen LogP) is 5.23. The maximum Gasteiger partial charge on any atom is 0.277 e. The summed E-state index contributed by atoms with van der Waals surface area (Å²) < 4.78 is 0. The molecule has 0 saturated carbocycles. The Morgan fingerprint density at radius 3 is 1.85 bits per heavy atom. The van der Waals surface area contributed by atoms with Crippen LogP contribution in [0.3, 0.4) is 0 Å². The normalized spacial score (nSPS) is 10.6. The van der Waals surface area contributed by atoms with Gasteiger partial charge in [-0.05, 0) is 16.7 Å². The van der Waals surface area contributed by atoms with Gasteiger partial charge in [0.1, 0.15) is 5.69 Å². The molecule has 0 radical (unpaired) electrons. The number of carbonyl (C=O) groups excluding carboxylic acids is 1. The molecule has 0 fully saturated rings. The molecule has 4 aromatic rings. The molecule has 1 heterocycles. The number of amides is 1. The number of benzene rings is 3. The zero-order valence-corrected chi connectivity index (χ0v) is 19.7. The van der Waals surface area contributed by atoms with Crippen LogP contribution in [0.25, 0.3) is 0 Å². The summed E-state index contributed by atoms with van der Waals surface area (Å²) in [4.78, 5) is 34.9. The van der Waals surface area contributed by atoms with Crippen molar-refractivity contribution in [3.63, 3.8) is 0 Å². The third-order valence-corrected chi connectivity index (χ3v) is 6.08. The lowest BCUT2D eigenvalue weighted by molar-refractivity contribution is -0.114. The number of nitrogens with one attached hydrogen (secondary N) is 2. The van der Waals surface area contributed by atoms with E-state index in [-0.39, 0.29) is 17.3 Å². The Balaban J connectivity index is 1.70. The van der Waals surface area contributed by atoms with Gasteiger partial charge in [0, 0.05) is 25.8 Å². The number of H-pyrrole nitrogens is 1. The third kappa shape index (κ3) is 6.36. The van der Waals surface area contributed by atoms with E-state index in [9.17, 15) is 9.59 Å². The fourth-order valence-corrected chi connectivity index (χ4v) is 4.43. The first kappa shape index (κ1) is 23.3. The summed E-state index contributed by atoms with van der Waals surface area (Å²) in [7, 11) is 0. The van der Waals surface area contributed by atoms with Crippen molar-refractivity contribution in [3.05, 3.63) is 118 Å². The number of hydrogen-bond donors (Lipinski definition) is 2. The minimum atomic E-state index is -0.291. The first-order valence-corrected chi connectivity index (χ1v) is 12.0. The molecule has 0 bridgehead atoms. The predicted molar refractivity (Wildman–Crippen MR) is 138 cm³/mol. The van der Waals surface area contributed by atoms with Crippen LogP contribution in [0.4, 0.5) is 11.5 Å². The summed E-state index contributed by atoms with van der Waals surface area (Å²) in [5, 5.41) is 3.24. The fraction of sp³-hybridized carbons (Fsp3) is 0.148. The van der Waals surface area contributed by atoms with E-state index in [2.05, 4.69) is 15.3 Å². The molecule has 172 valence electrons. The van der Waals surface area contributed by atoms with Crippen LogP contribution in [-0.2, 0) is 23.6 Å². The molecule has 0 spiro atoms. The maximum absolute atomic E-state index is 13.4. The Morgan fingerprint density at radius 2 is 1.35 bits per heavy atom. The Labute approximate surface area is 203 Å². The van der Waals surface area contributed by atoms with Crippen molar-refractivity contribution in [2.75, 3.05) is 10.2 Å². The van der Waals surface area contributed by atoms with Crippen LogP contribution in [-0.4, -0.2) is 15.9 Å². The number of thioether (sulfide) groups is 1. The topological polar surface area (TPSA) is 78.1 Å². The second-order valence-electron chi connectivity index (χ2n) is 7.85. The molecule has 1 amide bonds. The smallest absolute Gasteiger partial charge is 0.277 e. The largest absolute Gasteiger partial charge is 0.355 e. The molecule has 0 aliphatic heterocycles. The highest BCUT2D eigenvalue weighted by Gasteiger charge is 2.20. The first-order chi connectivity index (χ1) is 16.6. The highest BCUT2D eigenvalue weighted by molar-refractivity contribution is 7.98. The molecule has 0 aliphatic carbocycles. The molecule has 0 unspecified atom stereocenters. The van der Waals surface area contributed by atoms with Crippen LogP contribution in [0.1, 0.15) is 23.6 Å². The lowest BCUT2D eigenvalue weighted by Gasteiger charge is -2.26. The van der Waals surface area contributed by atoms with Gasteiger partial charge in [-0.1, -0.05) is 103 Å². The van der Waals surface area contributed by atoms with Gasteiger partial charge in [0.25, 0.3) is 5.56 Å². The molecule has 0 aliphatic rings. The molecule has 34 heavy (non-hydrogen) atoms. The number of nitrogens with zero attached hydrogens (tertiary/aromatic N) is 2. The SMILES string of the molecule is CC(=O)Nc1nc(SCc2ccccc2)[nH]c(=O)c1N(Cc1ccccc1)Cc1ccccc1. The van der Waals surface area contributed by atoms with Gasteiger partial charge in [0.2, 0.25) is 5.91 Å². The molecule has 4 rings (SSSR count). The van der Waals surface area contributed by atoms with E-state index in [0.717, 1.165) is 16.7 Å². The Bertz CT molecular complexity index is 1240. The molecule has 1 aromatic heterocycles. The van der Waals surface area contributed by atoms with Gasteiger partial charge in [-0.25, -0.2) is 4.98 Å². The van der Waals surface area contributed by atoms with Crippen molar-refractivity contribution in [3.8, 4) is 0 Å². The van der Waals surface area contributed by atoms with Crippen molar-refractivity contribution in [1.29, 1.82) is 0 Å². The lowest BCUT2D eigenvalue weighted by atomic mass is 10.1. The summed E-state index contributed by atoms with van der Waals surface area (Å²) in [5.41, 5.74) is 3.27. The monoisotopic (exact) mass is 470 g/mol. The molecule has 0 atom stereocenters. The van der Waals surface area contributed by atoms with Crippen LogP contribution in [0.5, 0.6) is 0 Å². The van der Waals surface area contributed by atoms with E-state index in [1.54, 1.807) is 0 Å². The number of hydrogen-bond acceptors (Lipinski definition) is 5. The number of anilines is 2. The van der Waals surface area contributed by atoms with Crippen molar-refractivity contribution >= 4 is 29.2 Å². The fourth-order valence-electron chi connectivity index (χ4n) is 3.61. The van der Waals surface area contributed by atoms with Crippen LogP contribution >= 0.6 is 11.8 Å². The van der Waals surface area contributed by atoms with Gasteiger partial charge in [0.15, 0.2) is 11.0 Å². The third-order valence-electron chi connectivity index (χ3n) is 5.13. The molecule has 7 heteroatoms. The standard InChI is InChI=1S/C27H26N4O2S/c1-20(32)28-25-24(26(33)30-27(29-25)34-19-23-15-9-4-10-16-23)31(17-21-11-5-2-6-12-21)18-22-13-7-3-8-14-22/h2-16H,17-19H2,1H3,(H2,28,29,30,32,33). The number of aromatic nitrogens is 2. The highest BCUT2D eigenvalue weighted by Crippen LogP contribution is 2.27. The van der Waals surface area contributed by atoms with E-state index in [4.69, 9.17) is 0 Å². The van der Waals surface area contributed by atoms with E-state index >= 15 is 0 Å². The van der Waals surface area contributed by atoms with Crippen molar-refractivity contribution < 1.29 is 4.79 Å². The van der Waals surface area contributed by atoms with Crippen molar-refractivity contribution in [2.24, 2.45) is 0 Å². The number of aromatic amines is 1. The maximum atomic E-state index is 13.4. The van der Waals surface area contributed by atoms with E-state index in [1.807, 2.05) is 95.9 Å². The molecule has 2 N–H and O–H groups in total. The zero-order valence-electron chi connectivity index (χ0n) is 18.9. The molecule has 6 nitrogen and oxygen atoms in total. The molecular weight excluding hydrogens is 444 g/mol. The molecule has 0 saturated heterocycles. The Morgan fingerprint density at radius 1 is 0.853 bits per heavy atom. The zero-order chi connectivity index (χ0) is 23.8. The van der Waals surface area contributed by atoms with Crippen LogP contribution < -0.4 is 15.8 Å². The Kier molecular flexibility index (Phi) is 7.78. The van der Waals surface area contributed by atoms with Crippen molar-refractivity contribution in [2.45, 2.75) is 30.9 Å². The van der Waals surface area contributed by atoms with Gasteiger partial charge in [-0.15, -0.1) is 0 Å². The number of rotatable bonds is 9. The van der Waals surface area contributed by atoms with Gasteiger partial charge in [-0.2, -0.15) is 0 Å². The summed E-state index contributed by atoms with van der Waals surface area (Å²) in [6.45, 7) is 2.40. The minimum Gasteiger partial charge on any atom is -0.355 e. The van der Waals surface area contributed by atoms with Crippen molar-refractivity contribution in [1.82, 2.24) is 9.97 Å². The van der Waals surface area contributed by atoms with Gasteiger partial charge >= 0.3 is 0 Å². The second-order valence-corrected chi connectivity index (χ2v) is 8.82. The number of carbonyl (C=O) groups is 1. The van der Waals surface area contributed by atoms with Gasteiger partial charge < -0.3 is 10.2 Å². The van der Waals surface area contributed by atoms with E-state index < -0.39 is 0 Å². The average molecular weight is 471 g/mol.